The van der Waals surface area contributed by atoms with Gasteiger partial charge in [0.1, 0.15) is 0 Å². The molecule has 0 saturated carbocycles. The van der Waals surface area contributed by atoms with Gasteiger partial charge < -0.3 is 4.90 Å². The van der Waals surface area contributed by atoms with Crippen LogP contribution < -0.4 is 0 Å². The van der Waals surface area contributed by atoms with Gasteiger partial charge in [-0.2, -0.15) is 4.99 Å². The predicted molar refractivity (Wildman–Crippen MR) is 84.6 cm³/mol. The maximum Gasteiger partial charge on any atom is 0.286 e. The highest BCUT2D eigenvalue weighted by Gasteiger charge is 2.26. The Morgan fingerprint density at radius 3 is 2.55 bits per heavy atom. The fourth-order valence-electron chi connectivity index (χ4n) is 2.43. The molecule has 2 heterocycles. The van der Waals surface area contributed by atoms with Crippen molar-refractivity contribution in [2.24, 2.45) is 4.99 Å². The van der Waals surface area contributed by atoms with Crippen molar-refractivity contribution in [2.45, 2.75) is 26.2 Å². The Morgan fingerprint density at radius 1 is 1.15 bits per heavy atom. The van der Waals surface area contributed by atoms with E-state index in [0.29, 0.717) is 0 Å². The first-order chi connectivity index (χ1) is 9.72. The smallest absolute Gasteiger partial charge is 0.286 e. The second-order valence-electron chi connectivity index (χ2n) is 5.27. The highest BCUT2D eigenvalue weighted by atomic mass is 32.2. The minimum absolute atomic E-state index is 0.101. The summed E-state index contributed by atoms with van der Waals surface area (Å²) in [5, 5.41) is 0.882. The van der Waals surface area contributed by atoms with Crippen LogP contribution in [-0.4, -0.2) is 29.1 Å². The number of amides is 1. The summed E-state index contributed by atoms with van der Waals surface area (Å²) in [6.07, 6.45) is 5.62. The van der Waals surface area contributed by atoms with Gasteiger partial charge in [-0.15, -0.1) is 0 Å². The average molecular weight is 286 g/mol. The van der Waals surface area contributed by atoms with Crippen molar-refractivity contribution in [3.05, 3.63) is 40.3 Å². The zero-order valence-corrected chi connectivity index (χ0v) is 12.4. The number of piperidine rings is 1. The average Bonchev–Trinajstić information content (AvgIpc) is 2.84. The maximum atomic E-state index is 12.0. The Kier molecular flexibility index (Phi) is 3.92. The van der Waals surface area contributed by atoms with Gasteiger partial charge in [0.15, 0.2) is 5.17 Å². The minimum atomic E-state index is -0.101. The van der Waals surface area contributed by atoms with Crippen LogP contribution in [-0.2, 0) is 4.79 Å². The number of benzene rings is 1. The summed E-state index contributed by atoms with van der Waals surface area (Å²) >= 11 is 1.51. The number of carbonyl (C=O) groups is 1. The number of rotatable bonds is 1. The first kappa shape index (κ1) is 13.4. The summed E-state index contributed by atoms with van der Waals surface area (Å²) in [5.74, 6) is -0.101. The van der Waals surface area contributed by atoms with E-state index in [2.05, 4.69) is 28.9 Å². The monoisotopic (exact) mass is 286 g/mol. The zero-order valence-electron chi connectivity index (χ0n) is 11.6. The van der Waals surface area contributed by atoms with Gasteiger partial charge in [-0.3, -0.25) is 4.79 Å². The SMILES string of the molecule is Cc1ccc(C=C2SC(N3CCCCC3)=NC2=O)cc1. The predicted octanol–water partition coefficient (Wildman–Crippen LogP) is 3.45. The third kappa shape index (κ3) is 2.96. The van der Waals surface area contributed by atoms with Crippen LogP contribution in [0.15, 0.2) is 34.2 Å². The molecular formula is C16H18N2OS. The molecule has 0 N–H and O–H groups in total. The molecule has 1 aromatic carbocycles. The van der Waals surface area contributed by atoms with Crippen molar-refractivity contribution >= 4 is 28.9 Å². The van der Waals surface area contributed by atoms with Crippen LogP contribution in [0.4, 0.5) is 0 Å². The molecule has 1 fully saturated rings. The Labute approximate surface area is 123 Å². The number of hydrogen-bond acceptors (Lipinski definition) is 3. The second-order valence-corrected chi connectivity index (χ2v) is 6.28. The summed E-state index contributed by atoms with van der Waals surface area (Å²) in [4.78, 5) is 19.2. The van der Waals surface area contributed by atoms with Gasteiger partial charge in [-0.1, -0.05) is 29.8 Å². The number of amidine groups is 1. The van der Waals surface area contributed by atoms with E-state index in [1.807, 2.05) is 18.2 Å². The van der Waals surface area contributed by atoms with Crippen LogP contribution >= 0.6 is 11.8 Å². The lowest BCUT2D eigenvalue weighted by molar-refractivity contribution is -0.113. The Hall–Kier alpha value is -1.55. The van der Waals surface area contributed by atoms with Gasteiger partial charge in [0.2, 0.25) is 0 Å². The van der Waals surface area contributed by atoms with Crippen LogP contribution in [0.5, 0.6) is 0 Å². The Balaban J connectivity index is 1.74. The molecule has 2 aliphatic rings. The van der Waals surface area contributed by atoms with Crippen LogP contribution in [0.2, 0.25) is 0 Å². The normalized spacial score (nSPS) is 21.4. The molecular weight excluding hydrogens is 268 g/mol. The largest absolute Gasteiger partial charge is 0.351 e. The summed E-state index contributed by atoms with van der Waals surface area (Å²) < 4.78 is 0. The van der Waals surface area contributed by atoms with E-state index in [-0.39, 0.29) is 5.91 Å². The molecule has 0 aliphatic carbocycles. The number of nitrogens with zero attached hydrogens (tertiary/aromatic N) is 2. The molecule has 3 nitrogen and oxygen atoms in total. The van der Waals surface area contributed by atoms with Gasteiger partial charge in [0, 0.05) is 13.1 Å². The van der Waals surface area contributed by atoms with E-state index in [0.717, 1.165) is 28.7 Å². The third-order valence-corrected chi connectivity index (χ3v) is 4.66. The van der Waals surface area contributed by atoms with Gasteiger partial charge >= 0.3 is 0 Å². The topological polar surface area (TPSA) is 32.7 Å². The van der Waals surface area contributed by atoms with Crippen molar-refractivity contribution in [2.75, 3.05) is 13.1 Å². The number of aliphatic imine (C=N–C) groups is 1. The van der Waals surface area contributed by atoms with Crippen molar-refractivity contribution in [3.63, 3.8) is 0 Å². The molecule has 0 spiro atoms. The van der Waals surface area contributed by atoms with Crippen LogP contribution in [0.1, 0.15) is 30.4 Å². The Morgan fingerprint density at radius 2 is 1.85 bits per heavy atom. The molecule has 0 bridgehead atoms. The number of aryl methyl sites for hydroxylation is 1. The molecule has 0 aromatic heterocycles. The summed E-state index contributed by atoms with van der Waals surface area (Å²) in [6, 6.07) is 8.19. The first-order valence-corrected chi connectivity index (χ1v) is 7.88. The first-order valence-electron chi connectivity index (χ1n) is 7.06. The van der Waals surface area contributed by atoms with Crippen LogP contribution in [0.3, 0.4) is 0 Å². The highest BCUT2D eigenvalue weighted by Crippen LogP contribution is 2.31. The van der Waals surface area contributed by atoms with Crippen LogP contribution in [0, 0.1) is 6.92 Å². The molecule has 1 saturated heterocycles. The van der Waals surface area contributed by atoms with Gasteiger partial charge in [0.05, 0.1) is 4.91 Å². The lowest BCUT2D eigenvalue weighted by atomic mass is 10.1. The lowest BCUT2D eigenvalue weighted by Crippen LogP contribution is -2.33. The van der Waals surface area contributed by atoms with Gasteiger partial charge in [0.25, 0.3) is 5.91 Å². The molecule has 20 heavy (non-hydrogen) atoms. The number of carbonyl (C=O) groups excluding carboxylic acids is 1. The van der Waals surface area contributed by atoms with E-state index in [4.69, 9.17) is 0 Å². The zero-order chi connectivity index (χ0) is 13.9. The van der Waals surface area contributed by atoms with Gasteiger partial charge in [-0.05, 0) is 49.6 Å². The fourth-order valence-corrected chi connectivity index (χ4v) is 3.40. The van der Waals surface area contributed by atoms with E-state index in [1.165, 1.54) is 36.6 Å². The van der Waals surface area contributed by atoms with Crippen molar-refractivity contribution in [1.29, 1.82) is 0 Å². The van der Waals surface area contributed by atoms with E-state index in [9.17, 15) is 4.79 Å². The van der Waals surface area contributed by atoms with E-state index >= 15 is 0 Å². The quantitative estimate of drug-likeness (QED) is 0.741. The highest BCUT2D eigenvalue weighted by molar-refractivity contribution is 8.18. The van der Waals surface area contributed by atoms with Gasteiger partial charge in [-0.25, -0.2) is 0 Å². The number of thioether (sulfide) groups is 1. The molecule has 1 aromatic rings. The summed E-state index contributed by atoms with van der Waals surface area (Å²) in [5.41, 5.74) is 2.28. The standard InChI is InChI=1S/C16H18N2OS/c1-12-5-7-13(8-6-12)11-14-15(19)17-16(20-14)18-9-3-2-4-10-18/h5-8,11H,2-4,9-10H2,1H3. The molecule has 104 valence electrons. The van der Waals surface area contributed by atoms with Crippen molar-refractivity contribution < 1.29 is 4.79 Å². The molecule has 4 heteroatoms. The fraction of sp³-hybridized carbons (Fsp3) is 0.375. The third-order valence-electron chi connectivity index (χ3n) is 3.61. The molecule has 2 aliphatic heterocycles. The van der Waals surface area contributed by atoms with Crippen molar-refractivity contribution in [3.8, 4) is 0 Å². The molecule has 0 radical (unpaired) electrons. The molecule has 0 atom stereocenters. The number of hydrogen-bond donors (Lipinski definition) is 0. The van der Waals surface area contributed by atoms with Crippen LogP contribution in [0.25, 0.3) is 6.08 Å². The second kappa shape index (κ2) is 5.83. The summed E-state index contributed by atoms with van der Waals surface area (Å²) in [6.45, 7) is 4.11. The molecule has 0 unspecified atom stereocenters. The minimum Gasteiger partial charge on any atom is -0.351 e. The maximum absolute atomic E-state index is 12.0. The molecule has 1 amide bonds. The Bertz CT molecular complexity index is 569. The lowest BCUT2D eigenvalue weighted by Gasteiger charge is -2.27. The summed E-state index contributed by atoms with van der Waals surface area (Å²) in [7, 11) is 0. The van der Waals surface area contributed by atoms with E-state index in [1.54, 1.807) is 0 Å². The number of likely N-dealkylation sites (tertiary alicyclic amines) is 1. The van der Waals surface area contributed by atoms with E-state index < -0.39 is 0 Å². The van der Waals surface area contributed by atoms with Crippen molar-refractivity contribution in [1.82, 2.24) is 4.90 Å². The molecule has 3 rings (SSSR count).